The number of alkyl halides is 3. The zero-order valence-electron chi connectivity index (χ0n) is 10.6. The summed E-state index contributed by atoms with van der Waals surface area (Å²) in [6.07, 6.45) is -4.26. The van der Waals surface area contributed by atoms with Gasteiger partial charge in [-0.2, -0.15) is 13.2 Å². The lowest BCUT2D eigenvalue weighted by molar-refractivity contribution is -0.105. The van der Waals surface area contributed by atoms with Crippen molar-refractivity contribution in [2.45, 2.75) is 24.9 Å². The van der Waals surface area contributed by atoms with Crippen LogP contribution in [-0.4, -0.2) is 18.5 Å². The van der Waals surface area contributed by atoms with Gasteiger partial charge in [-0.3, -0.25) is 0 Å². The SMILES string of the molecule is C=C(OCC)c1cc(SCC(F)(F)F)c(C)cc1F. The highest BCUT2D eigenvalue weighted by atomic mass is 32.2. The molecule has 0 bridgehead atoms. The number of halogens is 4. The number of thioether (sulfide) groups is 1. The first-order valence-corrected chi connectivity index (χ1v) is 6.55. The number of aryl methyl sites for hydroxylation is 1. The number of hydrogen-bond acceptors (Lipinski definition) is 2. The molecule has 19 heavy (non-hydrogen) atoms. The Kier molecular flexibility index (Phi) is 5.29. The number of rotatable bonds is 5. The van der Waals surface area contributed by atoms with Gasteiger partial charge < -0.3 is 4.74 Å². The molecule has 0 aliphatic rings. The van der Waals surface area contributed by atoms with Crippen LogP contribution in [0.25, 0.3) is 5.76 Å². The summed E-state index contributed by atoms with van der Waals surface area (Å²) in [4.78, 5) is 0.370. The van der Waals surface area contributed by atoms with Gasteiger partial charge in [0.15, 0.2) is 0 Å². The predicted molar refractivity (Wildman–Crippen MR) is 68.6 cm³/mol. The molecule has 1 aromatic carbocycles. The molecule has 0 heterocycles. The summed E-state index contributed by atoms with van der Waals surface area (Å²) in [5.41, 5.74) is 0.553. The highest BCUT2D eigenvalue weighted by molar-refractivity contribution is 7.99. The van der Waals surface area contributed by atoms with Gasteiger partial charge in [0, 0.05) is 4.90 Å². The van der Waals surface area contributed by atoms with Crippen LogP contribution in [0.5, 0.6) is 0 Å². The fourth-order valence-electron chi connectivity index (χ4n) is 1.43. The third-order valence-corrected chi connectivity index (χ3v) is 3.50. The van der Waals surface area contributed by atoms with Gasteiger partial charge in [-0.25, -0.2) is 4.39 Å². The van der Waals surface area contributed by atoms with Crippen molar-refractivity contribution < 1.29 is 22.3 Å². The first-order chi connectivity index (χ1) is 8.74. The molecule has 0 radical (unpaired) electrons. The molecule has 0 aliphatic carbocycles. The standard InChI is InChI=1S/C13H14F4OS/c1-4-18-9(3)10-6-12(8(2)5-11(10)14)19-7-13(15,16)17/h5-6H,3-4,7H2,1-2H3. The zero-order chi connectivity index (χ0) is 14.6. The predicted octanol–water partition coefficient (Wildman–Crippen LogP) is 4.80. The number of benzene rings is 1. The van der Waals surface area contributed by atoms with Gasteiger partial charge in [-0.05, 0) is 31.5 Å². The summed E-state index contributed by atoms with van der Waals surface area (Å²) >= 11 is 0.624. The molecule has 0 N–H and O–H groups in total. The average molecular weight is 294 g/mol. The van der Waals surface area contributed by atoms with E-state index in [4.69, 9.17) is 4.74 Å². The van der Waals surface area contributed by atoms with Gasteiger partial charge in [0.05, 0.1) is 17.9 Å². The average Bonchev–Trinajstić information content (AvgIpc) is 2.26. The van der Waals surface area contributed by atoms with E-state index in [1.54, 1.807) is 13.8 Å². The van der Waals surface area contributed by atoms with Gasteiger partial charge in [0.25, 0.3) is 0 Å². The van der Waals surface area contributed by atoms with Crippen molar-refractivity contribution in [1.82, 2.24) is 0 Å². The van der Waals surface area contributed by atoms with Crippen LogP contribution in [0.4, 0.5) is 17.6 Å². The lowest BCUT2D eigenvalue weighted by atomic mass is 10.1. The van der Waals surface area contributed by atoms with Crippen LogP contribution in [-0.2, 0) is 4.74 Å². The maximum absolute atomic E-state index is 13.7. The van der Waals surface area contributed by atoms with Gasteiger partial charge in [0.2, 0.25) is 0 Å². The Balaban J connectivity index is 2.99. The van der Waals surface area contributed by atoms with Crippen LogP contribution in [0.2, 0.25) is 0 Å². The molecule has 0 amide bonds. The molecule has 0 unspecified atom stereocenters. The summed E-state index contributed by atoms with van der Waals surface area (Å²) in [5, 5.41) is 0. The van der Waals surface area contributed by atoms with E-state index in [0.717, 1.165) is 0 Å². The van der Waals surface area contributed by atoms with E-state index in [1.165, 1.54) is 12.1 Å². The van der Waals surface area contributed by atoms with Gasteiger partial charge >= 0.3 is 6.18 Å². The number of hydrogen-bond donors (Lipinski definition) is 0. The lowest BCUT2D eigenvalue weighted by Crippen LogP contribution is -2.10. The van der Waals surface area contributed by atoms with E-state index in [2.05, 4.69) is 6.58 Å². The van der Waals surface area contributed by atoms with Crippen LogP contribution in [0.3, 0.4) is 0 Å². The molecule has 0 spiro atoms. The summed E-state index contributed by atoms with van der Waals surface area (Å²) in [7, 11) is 0. The highest BCUT2D eigenvalue weighted by Gasteiger charge is 2.27. The van der Waals surface area contributed by atoms with Crippen LogP contribution in [0.1, 0.15) is 18.1 Å². The maximum atomic E-state index is 13.7. The van der Waals surface area contributed by atoms with Gasteiger partial charge in [-0.1, -0.05) is 6.58 Å². The van der Waals surface area contributed by atoms with E-state index in [9.17, 15) is 17.6 Å². The van der Waals surface area contributed by atoms with Crippen molar-refractivity contribution in [2.24, 2.45) is 0 Å². The van der Waals surface area contributed by atoms with Crippen molar-refractivity contribution in [3.8, 4) is 0 Å². The van der Waals surface area contributed by atoms with Crippen molar-refractivity contribution in [3.05, 3.63) is 35.7 Å². The molecule has 0 aliphatic heterocycles. The molecule has 1 nitrogen and oxygen atoms in total. The van der Waals surface area contributed by atoms with Crippen molar-refractivity contribution in [2.75, 3.05) is 12.4 Å². The second-order valence-electron chi connectivity index (χ2n) is 3.86. The van der Waals surface area contributed by atoms with E-state index >= 15 is 0 Å². The quantitative estimate of drug-likeness (QED) is 0.438. The highest BCUT2D eigenvalue weighted by Crippen LogP contribution is 2.32. The first-order valence-electron chi connectivity index (χ1n) is 5.56. The van der Waals surface area contributed by atoms with Crippen LogP contribution in [0.15, 0.2) is 23.6 Å². The smallest absolute Gasteiger partial charge is 0.398 e. The molecule has 0 saturated heterocycles. The molecule has 0 atom stereocenters. The van der Waals surface area contributed by atoms with Crippen molar-refractivity contribution in [3.63, 3.8) is 0 Å². The van der Waals surface area contributed by atoms with E-state index in [0.29, 0.717) is 28.8 Å². The Morgan fingerprint density at radius 3 is 2.53 bits per heavy atom. The largest absolute Gasteiger partial charge is 0.494 e. The molecular weight excluding hydrogens is 280 g/mol. The number of ether oxygens (including phenoxy) is 1. The van der Waals surface area contributed by atoms with Crippen LogP contribution in [0, 0.1) is 12.7 Å². The van der Waals surface area contributed by atoms with Gasteiger partial charge in [0.1, 0.15) is 11.6 Å². The molecule has 1 aromatic rings. The normalized spacial score (nSPS) is 11.5. The van der Waals surface area contributed by atoms with Gasteiger partial charge in [-0.15, -0.1) is 11.8 Å². The maximum Gasteiger partial charge on any atom is 0.398 e. The molecule has 1 rings (SSSR count). The van der Waals surface area contributed by atoms with Crippen molar-refractivity contribution in [1.29, 1.82) is 0 Å². The molecular formula is C13H14F4OS. The molecule has 0 aromatic heterocycles. The van der Waals surface area contributed by atoms with E-state index in [1.807, 2.05) is 0 Å². The van der Waals surface area contributed by atoms with E-state index in [-0.39, 0.29) is 11.3 Å². The third-order valence-electron chi connectivity index (χ3n) is 2.27. The van der Waals surface area contributed by atoms with E-state index < -0.39 is 17.7 Å². The Labute approximate surface area is 113 Å². The minimum atomic E-state index is -4.26. The molecule has 0 saturated carbocycles. The Hall–Kier alpha value is -1.17. The van der Waals surface area contributed by atoms with Crippen LogP contribution >= 0.6 is 11.8 Å². The molecule has 0 fully saturated rings. The minimum absolute atomic E-state index is 0.0946. The Morgan fingerprint density at radius 2 is 2.00 bits per heavy atom. The monoisotopic (exact) mass is 294 g/mol. The Bertz CT molecular complexity index is 468. The van der Waals surface area contributed by atoms with Crippen LogP contribution < -0.4 is 0 Å². The summed E-state index contributed by atoms with van der Waals surface area (Å²) < 4.78 is 55.4. The molecule has 6 heteroatoms. The summed E-state index contributed by atoms with van der Waals surface area (Å²) in [6, 6.07) is 2.54. The second-order valence-corrected chi connectivity index (χ2v) is 4.87. The fraction of sp³-hybridized carbons (Fsp3) is 0.385. The lowest BCUT2D eigenvalue weighted by Gasteiger charge is -2.13. The zero-order valence-corrected chi connectivity index (χ0v) is 11.4. The summed E-state index contributed by atoms with van der Waals surface area (Å²) in [5.74, 6) is -1.44. The Morgan fingerprint density at radius 1 is 1.37 bits per heavy atom. The van der Waals surface area contributed by atoms with Crippen molar-refractivity contribution >= 4 is 17.5 Å². The molecule has 106 valence electrons. The third kappa shape index (κ3) is 4.78. The second kappa shape index (κ2) is 6.32. The summed E-state index contributed by atoms with van der Waals surface area (Å²) in [6.45, 7) is 7.16. The first kappa shape index (κ1) is 15.9. The topological polar surface area (TPSA) is 9.23 Å². The fourth-order valence-corrected chi connectivity index (χ4v) is 2.24. The minimum Gasteiger partial charge on any atom is -0.494 e.